The van der Waals surface area contributed by atoms with Gasteiger partial charge in [-0.3, -0.25) is 9.35 Å². The fourth-order valence-electron chi connectivity index (χ4n) is 2.70. The molecule has 0 fully saturated rings. The van der Waals surface area contributed by atoms with Crippen molar-refractivity contribution in [3.05, 3.63) is 0 Å². The van der Waals surface area contributed by atoms with Gasteiger partial charge in [0.1, 0.15) is 0 Å². The molecule has 0 amide bonds. The van der Waals surface area contributed by atoms with Gasteiger partial charge in [0, 0.05) is 13.0 Å². The van der Waals surface area contributed by atoms with E-state index in [1.54, 1.807) is 7.05 Å². The third-order valence-corrected chi connectivity index (χ3v) is 5.28. The van der Waals surface area contributed by atoms with Crippen LogP contribution < -0.4 is 5.32 Å². The normalized spacial score (nSPS) is 12.6. The van der Waals surface area contributed by atoms with Gasteiger partial charge in [0.15, 0.2) is 11.0 Å². The molecule has 0 spiro atoms. The van der Waals surface area contributed by atoms with Crippen LogP contribution in [0.15, 0.2) is 0 Å². The topological polar surface area (TPSA) is 83.5 Å². The first-order valence-corrected chi connectivity index (χ1v) is 10.6. The molecule has 0 radical (unpaired) electrons. The molecule has 0 aromatic heterocycles. The van der Waals surface area contributed by atoms with Crippen molar-refractivity contribution in [3.63, 3.8) is 0 Å². The van der Waals surface area contributed by atoms with Gasteiger partial charge in [0.2, 0.25) is 0 Å². The molecule has 0 saturated carbocycles. The van der Waals surface area contributed by atoms with Crippen LogP contribution in [0.2, 0.25) is 0 Å². The molecular formula is C17H36NNaO4S. The van der Waals surface area contributed by atoms with E-state index in [2.05, 4.69) is 12.2 Å². The number of Topliss-reactive ketones (excluding diaryl/α,β-unsaturated/α-hetero) is 1. The molecule has 0 bridgehead atoms. The second-order valence-corrected chi connectivity index (χ2v) is 7.91. The van der Waals surface area contributed by atoms with Gasteiger partial charge in [-0.05, 0) is 13.5 Å². The summed E-state index contributed by atoms with van der Waals surface area (Å²) in [4.78, 5) is 11.9. The van der Waals surface area contributed by atoms with Crippen molar-refractivity contribution in [1.82, 2.24) is 5.32 Å². The molecule has 140 valence electrons. The number of hydrogen-bond donors (Lipinski definition) is 2. The number of nitrogens with one attached hydrogen (secondary N) is 1. The summed E-state index contributed by atoms with van der Waals surface area (Å²) in [6.07, 6.45) is 13.3. The summed E-state index contributed by atoms with van der Waals surface area (Å²) in [7, 11) is -2.74. The second kappa shape index (κ2) is 17.0. The molecular weight excluding hydrogens is 337 g/mol. The Balaban J connectivity index is 0. The zero-order valence-electron chi connectivity index (χ0n) is 14.8. The molecule has 2 N–H and O–H groups in total. The number of ketones is 1. The third kappa shape index (κ3) is 14.8. The summed E-state index contributed by atoms with van der Waals surface area (Å²) in [5.74, 6) is -0.391. The van der Waals surface area contributed by atoms with Gasteiger partial charge >= 0.3 is 29.6 Å². The molecule has 0 rings (SSSR count). The Bertz CT molecular complexity index is 401. The molecule has 1 atom stereocenters. The Labute approximate surface area is 170 Å². The van der Waals surface area contributed by atoms with Crippen molar-refractivity contribution < 1.29 is 17.8 Å². The quantitative estimate of drug-likeness (QED) is 0.247. The predicted molar refractivity (Wildman–Crippen MR) is 102 cm³/mol. The number of unbranched alkanes of at least 4 members (excludes halogenated alkanes) is 10. The maximum absolute atomic E-state index is 11.9. The van der Waals surface area contributed by atoms with E-state index in [9.17, 15) is 13.2 Å². The first-order valence-electron chi connectivity index (χ1n) is 9.07. The maximum atomic E-state index is 11.9. The molecule has 0 aliphatic heterocycles. The van der Waals surface area contributed by atoms with Crippen molar-refractivity contribution in [2.75, 3.05) is 13.6 Å². The minimum atomic E-state index is -4.30. The molecule has 0 heterocycles. The van der Waals surface area contributed by atoms with Crippen LogP contribution in [0.1, 0.15) is 84.0 Å². The summed E-state index contributed by atoms with van der Waals surface area (Å²) in [6.45, 7) is 2.19. The Hall–Kier alpha value is 0.540. The van der Waals surface area contributed by atoms with Crippen LogP contribution in [-0.4, -0.2) is 67.2 Å². The number of carbonyl (C=O) groups is 1. The Morgan fingerprint density at radius 2 is 1.33 bits per heavy atom. The van der Waals surface area contributed by atoms with Crippen LogP contribution in [-0.2, 0) is 14.9 Å². The molecule has 24 heavy (non-hydrogen) atoms. The standard InChI is InChI=1S/C17H35NO4S.Na.H/c1-3-4-5-6-7-8-9-10-11-12-13-14-16(19)17(15-18-2)23(20,21)22;;/h17-18H,3-15H2,1-2H3,(H,20,21,22);;. The monoisotopic (exact) mass is 373 g/mol. The van der Waals surface area contributed by atoms with E-state index in [4.69, 9.17) is 4.55 Å². The van der Waals surface area contributed by atoms with Crippen LogP contribution in [0.4, 0.5) is 0 Å². The number of carbonyl (C=O) groups excluding carboxylic acids is 1. The first-order chi connectivity index (χ1) is 10.9. The Morgan fingerprint density at radius 3 is 1.71 bits per heavy atom. The van der Waals surface area contributed by atoms with E-state index in [1.807, 2.05) is 0 Å². The first kappa shape index (κ1) is 26.8. The van der Waals surface area contributed by atoms with Crippen LogP contribution in [0.25, 0.3) is 0 Å². The van der Waals surface area contributed by atoms with E-state index in [-0.39, 0.29) is 42.5 Å². The Morgan fingerprint density at radius 1 is 0.917 bits per heavy atom. The fourth-order valence-corrected chi connectivity index (χ4v) is 3.52. The van der Waals surface area contributed by atoms with Crippen LogP contribution in [0.5, 0.6) is 0 Å². The Kier molecular flexibility index (Phi) is 18.9. The van der Waals surface area contributed by atoms with Crippen molar-refractivity contribution in [1.29, 1.82) is 0 Å². The van der Waals surface area contributed by atoms with Crippen molar-refractivity contribution in [2.24, 2.45) is 0 Å². The summed E-state index contributed by atoms with van der Waals surface area (Å²) in [5.41, 5.74) is 0. The number of hydrogen-bond acceptors (Lipinski definition) is 4. The molecule has 0 saturated heterocycles. The third-order valence-electron chi connectivity index (χ3n) is 4.13. The van der Waals surface area contributed by atoms with Gasteiger partial charge in [-0.15, -0.1) is 0 Å². The van der Waals surface area contributed by atoms with Gasteiger partial charge in [0.25, 0.3) is 10.1 Å². The van der Waals surface area contributed by atoms with E-state index in [0.29, 0.717) is 6.42 Å². The van der Waals surface area contributed by atoms with E-state index >= 15 is 0 Å². The van der Waals surface area contributed by atoms with Crippen LogP contribution >= 0.6 is 0 Å². The van der Waals surface area contributed by atoms with Crippen LogP contribution in [0, 0.1) is 0 Å². The summed E-state index contributed by atoms with van der Waals surface area (Å²) < 4.78 is 31.4. The van der Waals surface area contributed by atoms with Gasteiger partial charge < -0.3 is 5.32 Å². The number of rotatable bonds is 16. The summed E-state index contributed by atoms with van der Waals surface area (Å²) >= 11 is 0. The van der Waals surface area contributed by atoms with E-state index in [1.165, 1.54) is 51.4 Å². The van der Waals surface area contributed by atoms with E-state index < -0.39 is 21.2 Å². The molecule has 1 unspecified atom stereocenters. The molecule has 0 aliphatic rings. The van der Waals surface area contributed by atoms with Gasteiger partial charge in [0.05, 0.1) is 0 Å². The predicted octanol–water partition coefficient (Wildman–Crippen LogP) is 3.08. The second-order valence-electron chi connectivity index (χ2n) is 6.31. The van der Waals surface area contributed by atoms with Crippen molar-refractivity contribution in [2.45, 2.75) is 89.2 Å². The molecule has 0 aromatic carbocycles. The fraction of sp³-hybridized carbons (Fsp3) is 0.941. The van der Waals surface area contributed by atoms with Crippen molar-refractivity contribution >= 4 is 45.5 Å². The summed E-state index contributed by atoms with van der Waals surface area (Å²) in [6, 6.07) is 0. The summed E-state index contributed by atoms with van der Waals surface area (Å²) in [5, 5.41) is 1.31. The van der Waals surface area contributed by atoms with Crippen LogP contribution in [0.3, 0.4) is 0 Å². The zero-order valence-corrected chi connectivity index (χ0v) is 15.7. The molecule has 0 aliphatic carbocycles. The van der Waals surface area contributed by atoms with E-state index in [0.717, 1.165) is 12.8 Å². The zero-order chi connectivity index (χ0) is 17.6. The van der Waals surface area contributed by atoms with Gasteiger partial charge in [-0.1, -0.05) is 71.1 Å². The molecule has 5 nitrogen and oxygen atoms in total. The average Bonchev–Trinajstić information content (AvgIpc) is 2.48. The van der Waals surface area contributed by atoms with Gasteiger partial charge in [-0.2, -0.15) is 8.42 Å². The SMILES string of the molecule is CCCCCCCCCCCCCC(=O)C(CNC)S(=O)(=O)O.[NaH]. The molecule has 7 heteroatoms. The van der Waals surface area contributed by atoms with Crippen molar-refractivity contribution in [3.8, 4) is 0 Å². The molecule has 0 aromatic rings. The van der Waals surface area contributed by atoms with Gasteiger partial charge in [-0.25, -0.2) is 0 Å². The minimum absolute atomic E-state index is 0. The average molecular weight is 374 g/mol.